The van der Waals surface area contributed by atoms with Crippen molar-refractivity contribution in [1.82, 2.24) is 4.98 Å². The van der Waals surface area contributed by atoms with E-state index in [-0.39, 0.29) is 0 Å². The van der Waals surface area contributed by atoms with Crippen molar-refractivity contribution in [3.05, 3.63) is 103 Å². The molecule has 0 radical (unpaired) electrons. The van der Waals surface area contributed by atoms with Crippen LogP contribution in [-0.4, -0.2) is 4.98 Å². The lowest BCUT2D eigenvalue weighted by atomic mass is 9.90. The third-order valence-corrected chi connectivity index (χ3v) is 4.99. The number of rotatable bonds is 4. The smallest absolute Gasteiger partial charge is 0.0743 e. The van der Waals surface area contributed by atoms with E-state index in [2.05, 4.69) is 88.1 Å². The molecule has 0 aliphatic rings. The van der Waals surface area contributed by atoms with Crippen LogP contribution in [0.15, 0.2) is 97.2 Å². The number of benzene rings is 3. The molecule has 0 saturated heterocycles. The summed E-state index contributed by atoms with van der Waals surface area (Å²) in [5.74, 6) is 0. The summed E-state index contributed by atoms with van der Waals surface area (Å²) >= 11 is 0. The van der Waals surface area contributed by atoms with E-state index in [1.54, 1.807) is 0 Å². The summed E-state index contributed by atoms with van der Waals surface area (Å²) in [6, 6.07) is 31.6. The van der Waals surface area contributed by atoms with Gasteiger partial charge in [-0.25, -0.2) is 0 Å². The number of pyridine rings is 1. The van der Waals surface area contributed by atoms with Gasteiger partial charge in [-0.15, -0.1) is 9.24 Å². The molecule has 0 spiro atoms. The molecule has 0 amide bonds. The van der Waals surface area contributed by atoms with E-state index < -0.39 is 0 Å². The molecule has 1 unspecified atom stereocenters. The standard InChI is InChI=1S/C24H20NP/c26-17-22-23(19-12-6-2-7-13-19)21(18-10-4-1-5-11-18)16-25-24(22)20-14-8-3-9-15-20/h1-16H,17,26H2. The lowest BCUT2D eigenvalue weighted by Gasteiger charge is -2.18. The zero-order valence-corrected chi connectivity index (χ0v) is 15.6. The fourth-order valence-corrected chi connectivity index (χ4v) is 3.76. The SMILES string of the molecule is PCc1c(-c2ccccc2)ncc(-c2ccccc2)c1-c1ccccc1. The van der Waals surface area contributed by atoms with Crippen LogP contribution in [-0.2, 0) is 6.16 Å². The second kappa shape index (κ2) is 7.64. The van der Waals surface area contributed by atoms with Crippen LogP contribution >= 0.6 is 9.24 Å². The Balaban J connectivity index is 2.03. The van der Waals surface area contributed by atoms with Crippen molar-refractivity contribution < 1.29 is 0 Å². The van der Waals surface area contributed by atoms with Crippen LogP contribution in [0.3, 0.4) is 0 Å². The van der Waals surface area contributed by atoms with E-state index in [1.807, 2.05) is 18.3 Å². The molecular weight excluding hydrogens is 333 g/mol. The highest BCUT2D eigenvalue weighted by molar-refractivity contribution is 7.15. The Morgan fingerprint density at radius 3 is 1.65 bits per heavy atom. The first kappa shape index (κ1) is 16.7. The van der Waals surface area contributed by atoms with E-state index in [0.29, 0.717) is 0 Å². The first-order chi connectivity index (χ1) is 12.9. The van der Waals surface area contributed by atoms with E-state index in [0.717, 1.165) is 17.4 Å². The van der Waals surface area contributed by atoms with Crippen molar-refractivity contribution >= 4 is 9.24 Å². The summed E-state index contributed by atoms with van der Waals surface area (Å²) in [6.45, 7) is 0. The maximum atomic E-state index is 4.87. The molecule has 4 rings (SSSR count). The summed E-state index contributed by atoms with van der Waals surface area (Å²) in [4.78, 5) is 4.87. The zero-order valence-electron chi connectivity index (χ0n) is 14.5. The Bertz CT molecular complexity index is 996. The van der Waals surface area contributed by atoms with Gasteiger partial charge in [-0.1, -0.05) is 91.0 Å². The normalized spacial score (nSPS) is 10.7. The van der Waals surface area contributed by atoms with Gasteiger partial charge in [-0.05, 0) is 28.4 Å². The van der Waals surface area contributed by atoms with Crippen LogP contribution in [0.25, 0.3) is 33.5 Å². The quantitative estimate of drug-likeness (QED) is 0.384. The molecule has 0 fully saturated rings. The lowest BCUT2D eigenvalue weighted by molar-refractivity contribution is 1.26. The van der Waals surface area contributed by atoms with Gasteiger partial charge in [0.2, 0.25) is 0 Å². The molecule has 3 aromatic carbocycles. The maximum Gasteiger partial charge on any atom is 0.0743 e. The molecular formula is C24H20NP. The number of nitrogens with zero attached hydrogens (tertiary/aromatic N) is 1. The number of hydrogen-bond acceptors (Lipinski definition) is 1. The maximum absolute atomic E-state index is 4.87. The van der Waals surface area contributed by atoms with E-state index >= 15 is 0 Å². The topological polar surface area (TPSA) is 12.9 Å². The minimum absolute atomic E-state index is 0.849. The highest BCUT2D eigenvalue weighted by Gasteiger charge is 2.17. The highest BCUT2D eigenvalue weighted by atomic mass is 31.0. The van der Waals surface area contributed by atoms with E-state index in [1.165, 1.54) is 27.8 Å². The molecule has 0 aliphatic carbocycles. The molecule has 126 valence electrons. The Labute approximate surface area is 157 Å². The van der Waals surface area contributed by atoms with Crippen LogP contribution in [0.1, 0.15) is 5.56 Å². The molecule has 1 aromatic heterocycles. The summed E-state index contributed by atoms with van der Waals surface area (Å²) in [6.07, 6.45) is 2.87. The van der Waals surface area contributed by atoms with Gasteiger partial charge in [0.15, 0.2) is 0 Å². The van der Waals surface area contributed by atoms with Crippen LogP contribution < -0.4 is 0 Å². The third kappa shape index (κ3) is 3.19. The fourth-order valence-electron chi connectivity index (χ4n) is 3.37. The second-order valence-electron chi connectivity index (χ2n) is 6.18. The Morgan fingerprint density at radius 1 is 0.615 bits per heavy atom. The van der Waals surface area contributed by atoms with Crippen molar-refractivity contribution in [2.75, 3.05) is 0 Å². The highest BCUT2D eigenvalue weighted by Crippen LogP contribution is 2.39. The molecule has 4 aromatic rings. The van der Waals surface area contributed by atoms with Crippen LogP contribution in [0.4, 0.5) is 0 Å². The average Bonchev–Trinajstić information content (AvgIpc) is 2.74. The van der Waals surface area contributed by atoms with E-state index in [4.69, 9.17) is 4.98 Å². The van der Waals surface area contributed by atoms with Crippen molar-refractivity contribution in [2.24, 2.45) is 0 Å². The first-order valence-corrected chi connectivity index (χ1v) is 9.58. The summed E-state index contributed by atoms with van der Waals surface area (Å²) in [7, 11) is 2.88. The van der Waals surface area contributed by atoms with Gasteiger partial charge in [0.1, 0.15) is 0 Å². The van der Waals surface area contributed by atoms with Gasteiger partial charge in [0.05, 0.1) is 5.69 Å². The number of hydrogen-bond donors (Lipinski definition) is 0. The summed E-state index contributed by atoms with van der Waals surface area (Å²) in [5, 5.41) is 0. The minimum atomic E-state index is 0.849. The summed E-state index contributed by atoms with van der Waals surface area (Å²) < 4.78 is 0. The van der Waals surface area contributed by atoms with Gasteiger partial charge in [-0.2, -0.15) is 0 Å². The lowest BCUT2D eigenvalue weighted by Crippen LogP contribution is -1.98. The molecule has 0 N–H and O–H groups in total. The second-order valence-corrected chi connectivity index (χ2v) is 6.58. The molecule has 0 bridgehead atoms. The minimum Gasteiger partial charge on any atom is -0.255 e. The van der Waals surface area contributed by atoms with Crippen molar-refractivity contribution in [3.63, 3.8) is 0 Å². The summed E-state index contributed by atoms with van der Waals surface area (Å²) in [5.41, 5.74) is 8.32. The van der Waals surface area contributed by atoms with E-state index in [9.17, 15) is 0 Å². The Morgan fingerprint density at radius 2 is 1.12 bits per heavy atom. The first-order valence-electron chi connectivity index (χ1n) is 8.76. The predicted octanol–water partition coefficient (Wildman–Crippen LogP) is 6.46. The Kier molecular flexibility index (Phi) is 4.91. The molecule has 26 heavy (non-hydrogen) atoms. The van der Waals surface area contributed by atoms with Gasteiger partial charge < -0.3 is 0 Å². The Hall–Kier alpha value is -2.76. The molecule has 1 nitrogen and oxygen atoms in total. The van der Waals surface area contributed by atoms with Crippen molar-refractivity contribution in [2.45, 2.75) is 6.16 Å². The zero-order chi connectivity index (χ0) is 17.8. The van der Waals surface area contributed by atoms with Gasteiger partial charge in [-0.3, -0.25) is 4.98 Å². The monoisotopic (exact) mass is 353 g/mol. The molecule has 0 aliphatic heterocycles. The van der Waals surface area contributed by atoms with Crippen molar-refractivity contribution in [1.29, 1.82) is 0 Å². The molecule has 2 heteroatoms. The molecule has 0 saturated carbocycles. The van der Waals surface area contributed by atoms with Gasteiger partial charge in [0, 0.05) is 17.3 Å². The third-order valence-electron chi connectivity index (χ3n) is 4.58. The number of aromatic nitrogens is 1. The van der Waals surface area contributed by atoms with Gasteiger partial charge in [0.25, 0.3) is 0 Å². The van der Waals surface area contributed by atoms with Crippen molar-refractivity contribution in [3.8, 4) is 33.5 Å². The fraction of sp³-hybridized carbons (Fsp3) is 0.0417. The predicted molar refractivity (Wildman–Crippen MR) is 114 cm³/mol. The largest absolute Gasteiger partial charge is 0.255 e. The van der Waals surface area contributed by atoms with Crippen LogP contribution in [0.2, 0.25) is 0 Å². The molecule has 1 atom stereocenters. The van der Waals surface area contributed by atoms with Gasteiger partial charge >= 0.3 is 0 Å². The van der Waals surface area contributed by atoms with Crippen LogP contribution in [0, 0.1) is 0 Å². The van der Waals surface area contributed by atoms with Crippen LogP contribution in [0.5, 0.6) is 0 Å². The molecule has 1 heterocycles. The average molecular weight is 353 g/mol.